The minimum absolute atomic E-state index is 0.129. The third kappa shape index (κ3) is 3.19. The Kier molecular flexibility index (Phi) is 4.53. The molecule has 114 valence electrons. The molecular formula is C12H17N5O4. The van der Waals surface area contributed by atoms with Crippen LogP contribution in [0.15, 0.2) is 17.3 Å². The van der Waals surface area contributed by atoms with Crippen molar-refractivity contribution in [3.05, 3.63) is 27.9 Å². The van der Waals surface area contributed by atoms with Crippen molar-refractivity contribution in [2.75, 3.05) is 31.7 Å². The lowest BCUT2D eigenvalue weighted by Gasteiger charge is -2.18. The Hall–Kier alpha value is -2.42. The van der Waals surface area contributed by atoms with Gasteiger partial charge in [-0.2, -0.15) is 0 Å². The van der Waals surface area contributed by atoms with Crippen molar-refractivity contribution in [3.8, 4) is 0 Å². The maximum atomic E-state index is 11.0. The highest BCUT2D eigenvalue weighted by molar-refractivity contribution is 5.99. The van der Waals surface area contributed by atoms with Gasteiger partial charge in [0.2, 0.25) is 0 Å². The number of hydrogen-bond acceptors (Lipinski definition) is 7. The molecule has 0 saturated carbocycles. The maximum Gasteiger partial charge on any atom is 0.298 e. The topological polar surface area (TPSA) is 127 Å². The van der Waals surface area contributed by atoms with Crippen molar-refractivity contribution < 1.29 is 14.9 Å². The third-order valence-electron chi connectivity index (χ3n) is 3.42. The average molecular weight is 295 g/mol. The van der Waals surface area contributed by atoms with Crippen LogP contribution in [-0.2, 0) is 4.74 Å². The third-order valence-corrected chi connectivity index (χ3v) is 3.42. The van der Waals surface area contributed by atoms with Gasteiger partial charge < -0.3 is 20.6 Å². The summed E-state index contributed by atoms with van der Waals surface area (Å²) in [6.45, 7) is 2.21. The lowest BCUT2D eigenvalue weighted by atomic mass is 10.1. The molecular weight excluding hydrogens is 278 g/mol. The first kappa shape index (κ1) is 15.0. The van der Waals surface area contributed by atoms with E-state index in [4.69, 9.17) is 15.7 Å². The molecule has 0 bridgehead atoms. The van der Waals surface area contributed by atoms with Crippen LogP contribution in [0.4, 0.5) is 11.5 Å². The quantitative estimate of drug-likeness (QED) is 0.267. The summed E-state index contributed by atoms with van der Waals surface area (Å²) >= 11 is 0. The molecule has 9 heteroatoms. The number of nitro groups is 1. The number of oxime groups is 1. The zero-order valence-electron chi connectivity index (χ0n) is 11.6. The molecule has 3 N–H and O–H groups in total. The first-order valence-electron chi connectivity index (χ1n) is 6.44. The molecule has 0 spiro atoms. The van der Waals surface area contributed by atoms with Gasteiger partial charge in [0.15, 0.2) is 11.5 Å². The van der Waals surface area contributed by atoms with E-state index >= 15 is 0 Å². The Morgan fingerprint density at radius 3 is 3.10 bits per heavy atom. The van der Waals surface area contributed by atoms with Gasteiger partial charge in [0.1, 0.15) is 5.82 Å². The van der Waals surface area contributed by atoms with Crippen LogP contribution in [0.3, 0.4) is 0 Å². The summed E-state index contributed by atoms with van der Waals surface area (Å²) in [6, 6.07) is 2.89. The second-order valence-corrected chi connectivity index (χ2v) is 4.84. The highest BCUT2D eigenvalue weighted by Crippen LogP contribution is 2.26. The Morgan fingerprint density at radius 1 is 1.71 bits per heavy atom. The van der Waals surface area contributed by atoms with E-state index in [1.807, 2.05) is 4.90 Å². The summed E-state index contributed by atoms with van der Waals surface area (Å²) in [6.07, 6.45) is 0.964. The molecule has 1 aliphatic rings. The van der Waals surface area contributed by atoms with Crippen molar-refractivity contribution >= 4 is 17.3 Å². The van der Waals surface area contributed by atoms with Crippen molar-refractivity contribution in [1.29, 1.82) is 0 Å². The van der Waals surface area contributed by atoms with E-state index in [0.717, 1.165) is 19.5 Å². The standard InChI is InChI=1S/C12H17N5O4/c1-21-7-8-4-5-16(6-8)10-3-2-9(17(19)20)11(14-10)12(13)15-18/h2-3,8,18H,4-7H2,1H3,(H2,13,15). The van der Waals surface area contributed by atoms with Crippen LogP contribution in [0.2, 0.25) is 0 Å². The number of anilines is 1. The summed E-state index contributed by atoms with van der Waals surface area (Å²) in [4.78, 5) is 16.5. The Morgan fingerprint density at radius 2 is 2.48 bits per heavy atom. The fourth-order valence-electron chi connectivity index (χ4n) is 2.41. The summed E-state index contributed by atoms with van der Waals surface area (Å²) in [5, 5.41) is 22.5. The maximum absolute atomic E-state index is 11.0. The number of ether oxygens (including phenoxy) is 1. The molecule has 0 aromatic carbocycles. The number of nitrogens with zero attached hydrogens (tertiary/aromatic N) is 4. The number of methoxy groups -OCH3 is 1. The van der Waals surface area contributed by atoms with Crippen LogP contribution in [0, 0.1) is 16.0 Å². The molecule has 0 amide bonds. The van der Waals surface area contributed by atoms with Gasteiger partial charge in [0, 0.05) is 32.2 Å². The summed E-state index contributed by atoms with van der Waals surface area (Å²) < 4.78 is 5.13. The second-order valence-electron chi connectivity index (χ2n) is 4.84. The SMILES string of the molecule is COCC1CCN(c2ccc([N+](=O)[O-])c(/C(N)=N/O)n2)C1. The summed E-state index contributed by atoms with van der Waals surface area (Å²) in [5.74, 6) is 0.594. The molecule has 1 aromatic heterocycles. The lowest BCUT2D eigenvalue weighted by molar-refractivity contribution is -0.385. The predicted octanol–water partition coefficient (Wildman–Crippen LogP) is 0.557. The molecule has 0 radical (unpaired) electrons. The molecule has 2 heterocycles. The first-order valence-corrected chi connectivity index (χ1v) is 6.44. The Labute approximate surface area is 121 Å². The molecule has 0 aliphatic carbocycles. The van der Waals surface area contributed by atoms with Crippen molar-refractivity contribution in [2.24, 2.45) is 16.8 Å². The fourth-order valence-corrected chi connectivity index (χ4v) is 2.41. The van der Waals surface area contributed by atoms with Gasteiger partial charge in [-0.05, 0) is 12.5 Å². The van der Waals surface area contributed by atoms with Gasteiger partial charge in [0.05, 0.1) is 11.5 Å². The normalized spacial score (nSPS) is 19.0. The van der Waals surface area contributed by atoms with E-state index in [2.05, 4.69) is 10.1 Å². The molecule has 1 saturated heterocycles. The molecule has 1 aliphatic heterocycles. The van der Waals surface area contributed by atoms with Gasteiger partial charge in [-0.3, -0.25) is 10.1 Å². The van der Waals surface area contributed by atoms with Crippen LogP contribution in [0.1, 0.15) is 12.1 Å². The molecule has 9 nitrogen and oxygen atoms in total. The van der Waals surface area contributed by atoms with Crippen LogP contribution in [0.25, 0.3) is 0 Å². The number of nitrogens with two attached hydrogens (primary N) is 1. The molecule has 1 atom stereocenters. The van der Waals surface area contributed by atoms with Gasteiger partial charge in [0.25, 0.3) is 5.69 Å². The second kappa shape index (κ2) is 6.35. The fraction of sp³-hybridized carbons (Fsp3) is 0.500. The highest BCUT2D eigenvalue weighted by Gasteiger charge is 2.26. The number of pyridine rings is 1. The lowest BCUT2D eigenvalue weighted by Crippen LogP contribution is -2.24. The van der Waals surface area contributed by atoms with E-state index in [1.165, 1.54) is 6.07 Å². The largest absolute Gasteiger partial charge is 0.409 e. The van der Waals surface area contributed by atoms with Gasteiger partial charge in [-0.25, -0.2) is 4.98 Å². The minimum Gasteiger partial charge on any atom is -0.409 e. The van der Waals surface area contributed by atoms with Gasteiger partial charge >= 0.3 is 0 Å². The molecule has 21 heavy (non-hydrogen) atoms. The molecule has 1 unspecified atom stereocenters. The van der Waals surface area contributed by atoms with Gasteiger partial charge in [-0.15, -0.1) is 0 Å². The zero-order chi connectivity index (χ0) is 15.4. The van der Waals surface area contributed by atoms with Crippen molar-refractivity contribution in [1.82, 2.24) is 4.98 Å². The zero-order valence-corrected chi connectivity index (χ0v) is 11.6. The number of amidine groups is 1. The minimum atomic E-state index is -0.609. The van der Waals surface area contributed by atoms with E-state index in [0.29, 0.717) is 18.3 Å². The molecule has 1 fully saturated rings. The number of hydrogen-bond donors (Lipinski definition) is 2. The van der Waals surface area contributed by atoms with E-state index < -0.39 is 4.92 Å². The Bertz CT molecular complexity index is 563. The predicted molar refractivity (Wildman–Crippen MR) is 75.6 cm³/mol. The highest BCUT2D eigenvalue weighted by atomic mass is 16.6. The summed E-state index contributed by atoms with van der Waals surface area (Å²) in [7, 11) is 1.66. The van der Waals surface area contributed by atoms with Crippen molar-refractivity contribution in [2.45, 2.75) is 6.42 Å². The molecule has 1 aromatic rings. The smallest absolute Gasteiger partial charge is 0.298 e. The average Bonchev–Trinajstić information content (AvgIpc) is 2.94. The van der Waals surface area contributed by atoms with E-state index in [1.54, 1.807) is 13.2 Å². The Balaban J connectivity index is 2.28. The monoisotopic (exact) mass is 295 g/mol. The number of aromatic nitrogens is 1. The summed E-state index contributed by atoms with van der Waals surface area (Å²) in [5.41, 5.74) is 5.05. The van der Waals surface area contributed by atoms with E-state index in [9.17, 15) is 10.1 Å². The van der Waals surface area contributed by atoms with Crippen molar-refractivity contribution in [3.63, 3.8) is 0 Å². The molecule has 2 rings (SSSR count). The van der Waals surface area contributed by atoms with Gasteiger partial charge in [-0.1, -0.05) is 5.16 Å². The number of rotatable bonds is 5. The van der Waals surface area contributed by atoms with E-state index in [-0.39, 0.29) is 17.2 Å². The first-order chi connectivity index (χ1) is 10.1. The van der Waals surface area contributed by atoms with Crippen LogP contribution in [-0.4, -0.2) is 47.8 Å². The van der Waals surface area contributed by atoms with Crippen LogP contribution < -0.4 is 10.6 Å². The van der Waals surface area contributed by atoms with Crippen LogP contribution in [0.5, 0.6) is 0 Å². The van der Waals surface area contributed by atoms with Crippen LogP contribution >= 0.6 is 0 Å².